The number of nitrogens with zero attached hydrogens (tertiary/aromatic N) is 6. The second kappa shape index (κ2) is 5.85. The van der Waals surface area contributed by atoms with E-state index < -0.39 is 5.60 Å². The summed E-state index contributed by atoms with van der Waals surface area (Å²) >= 11 is 0. The van der Waals surface area contributed by atoms with Crippen molar-refractivity contribution in [1.82, 2.24) is 29.7 Å². The highest BCUT2D eigenvalue weighted by Gasteiger charge is 2.28. The SMILES string of the molecule is Cc1nn(-c2ccnc(N)n2)c2cc(C(C)(O)c3cnccn3)ccc12. The molecule has 0 aliphatic rings. The highest BCUT2D eigenvalue weighted by Crippen LogP contribution is 2.31. The van der Waals surface area contributed by atoms with Crippen molar-refractivity contribution in [2.75, 3.05) is 5.73 Å². The van der Waals surface area contributed by atoms with Gasteiger partial charge < -0.3 is 10.8 Å². The van der Waals surface area contributed by atoms with E-state index in [1.165, 1.54) is 0 Å². The largest absolute Gasteiger partial charge is 0.379 e. The topological polar surface area (TPSA) is 116 Å². The van der Waals surface area contributed by atoms with Crippen molar-refractivity contribution in [2.24, 2.45) is 0 Å². The highest BCUT2D eigenvalue weighted by molar-refractivity contribution is 5.84. The molecule has 4 rings (SSSR count). The normalized spacial score (nSPS) is 13.7. The number of benzene rings is 1. The predicted octanol–water partition coefficient (Wildman–Crippen LogP) is 1.75. The summed E-state index contributed by atoms with van der Waals surface area (Å²) in [6, 6.07) is 7.40. The lowest BCUT2D eigenvalue weighted by Crippen LogP contribution is -2.24. The molecule has 3 aromatic heterocycles. The Morgan fingerprint density at radius 1 is 1.12 bits per heavy atom. The van der Waals surface area contributed by atoms with Crippen molar-refractivity contribution in [3.8, 4) is 5.82 Å². The maximum atomic E-state index is 11.1. The first-order valence-corrected chi connectivity index (χ1v) is 8.04. The van der Waals surface area contributed by atoms with Gasteiger partial charge in [0, 0.05) is 30.0 Å². The molecular formula is C18H17N7O. The Labute approximate surface area is 149 Å². The smallest absolute Gasteiger partial charge is 0.221 e. The zero-order valence-electron chi connectivity index (χ0n) is 14.3. The first-order chi connectivity index (χ1) is 12.5. The van der Waals surface area contributed by atoms with E-state index in [4.69, 9.17) is 5.73 Å². The third kappa shape index (κ3) is 2.56. The summed E-state index contributed by atoms with van der Waals surface area (Å²) in [6.07, 6.45) is 6.26. The summed E-state index contributed by atoms with van der Waals surface area (Å²) in [6.45, 7) is 3.61. The van der Waals surface area contributed by atoms with E-state index >= 15 is 0 Å². The van der Waals surface area contributed by atoms with E-state index in [1.54, 1.807) is 42.5 Å². The van der Waals surface area contributed by atoms with E-state index in [1.807, 2.05) is 25.1 Å². The Morgan fingerprint density at radius 2 is 1.96 bits per heavy atom. The van der Waals surface area contributed by atoms with Crippen LogP contribution in [0, 0.1) is 6.92 Å². The van der Waals surface area contributed by atoms with Crippen molar-refractivity contribution in [3.05, 3.63) is 66.0 Å². The number of anilines is 1. The molecule has 0 saturated carbocycles. The minimum atomic E-state index is -1.30. The van der Waals surface area contributed by atoms with Crippen LogP contribution < -0.4 is 5.73 Å². The summed E-state index contributed by atoms with van der Waals surface area (Å²) < 4.78 is 1.69. The van der Waals surface area contributed by atoms with Crippen LogP contribution in [0.3, 0.4) is 0 Å². The second-order valence-corrected chi connectivity index (χ2v) is 6.17. The van der Waals surface area contributed by atoms with Gasteiger partial charge in [-0.05, 0) is 25.5 Å². The van der Waals surface area contributed by atoms with Gasteiger partial charge in [-0.25, -0.2) is 9.67 Å². The lowest BCUT2D eigenvalue weighted by atomic mass is 9.92. The molecule has 0 aliphatic carbocycles. The van der Waals surface area contributed by atoms with Crippen LogP contribution in [0.15, 0.2) is 49.1 Å². The summed E-state index contributed by atoms with van der Waals surface area (Å²) in [4.78, 5) is 16.4. The Morgan fingerprint density at radius 3 is 2.69 bits per heavy atom. The van der Waals surface area contributed by atoms with Crippen LogP contribution in [0.2, 0.25) is 0 Å². The predicted molar refractivity (Wildman–Crippen MR) is 96.5 cm³/mol. The van der Waals surface area contributed by atoms with Crippen molar-refractivity contribution in [2.45, 2.75) is 19.4 Å². The Hall–Kier alpha value is -3.39. The zero-order chi connectivity index (χ0) is 18.3. The fourth-order valence-corrected chi connectivity index (χ4v) is 2.93. The minimum Gasteiger partial charge on any atom is -0.379 e. The standard InChI is InChI=1S/C18H17N7O/c1-11-13-4-3-12(18(2,26)15-10-20-7-8-21-15)9-14(13)25(24-11)16-5-6-22-17(19)23-16/h3-10,26H,1-2H3,(H2,19,22,23). The van der Waals surface area contributed by atoms with Crippen molar-refractivity contribution in [1.29, 1.82) is 0 Å². The zero-order valence-corrected chi connectivity index (χ0v) is 14.3. The fourth-order valence-electron chi connectivity index (χ4n) is 2.93. The van der Waals surface area contributed by atoms with Crippen LogP contribution in [-0.4, -0.2) is 34.8 Å². The van der Waals surface area contributed by atoms with Gasteiger partial charge in [0.2, 0.25) is 5.95 Å². The van der Waals surface area contributed by atoms with Gasteiger partial charge >= 0.3 is 0 Å². The molecule has 3 N–H and O–H groups in total. The lowest BCUT2D eigenvalue weighted by Gasteiger charge is -2.23. The average molecular weight is 347 g/mol. The van der Waals surface area contributed by atoms with Gasteiger partial charge in [0.05, 0.1) is 23.1 Å². The second-order valence-electron chi connectivity index (χ2n) is 6.17. The number of aromatic nitrogens is 6. The molecule has 1 unspecified atom stereocenters. The highest BCUT2D eigenvalue weighted by atomic mass is 16.3. The monoisotopic (exact) mass is 347 g/mol. The maximum Gasteiger partial charge on any atom is 0.221 e. The van der Waals surface area contributed by atoms with Crippen LogP contribution in [0.25, 0.3) is 16.7 Å². The van der Waals surface area contributed by atoms with Gasteiger partial charge in [0.1, 0.15) is 5.60 Å². The molecule has 0 radical (unpaired) electrons. The molecule has 4 aromatic rings. The molecule has 0 aliphatic heterocycles. The summed E-state index contributed by atoms with van der Waals surface area (Å²) in [5, 5.41) is 16.6. The molecule has 130 valence electrons. The van der Waals surface area contributed by atoms with Crippen LogP contribution in [0.5, 0.6) is 0 Å². The number of hydrogen-bond donors (Lipinski definition) is 2. The number of nitrogen functional groups attached to an aromatic ring is 1. The van der Waals surface area contributed by atoms with Crippen LogP contribution in [-0.2, 0) is 5.60 Å². The molecule has 0 bridgehead atoms. The number of aliphatic hydroxyl groups is 1. The average Bonchev–Trinajstić information content (AvgIpc) is 2.99. The number of hydrogen-bond acceptors (Lipinski definition) is 7. The Balaban J connectivity index is 1.91. The summed E-state index contributed by atoms with van der Waals surface area (Å²) in [5.74, 6) is 0.735. The van der Waals surface area contributed by atoms with E-state index in [2.05, 4.69) is 25.0 Å². The number of rotatable bonds is 3. The van der Waals surface area contributed by atoms with Gasteiger partial charge in [0.15, 0.2) is 5.82 Å². The molecule has 1 aromatic carbocycles. The van der Waals surface area contributed by atoms with Gasteiger partial charge in [0.25, 0.3) is 0 Å². The first-order valence-electron chi connectivity index (χ1n) is 8.04. The lowest BCUT2D eigenvalue weighted by molar-refractivity contribution is 0.0971. The van der Waals surface area contributed by atoms with Crippen molar-refractivity contribution in [3.63, 3.8) is 0 Å². The van der Waals surface area contributed by atoms with Gasteiger partial charge in [-0.2, -0.15) is 10.1 Å². The molecule has 1 atom stereocenters. The van der Waals surface area contributed by atoms with E-state index in [9.17, 15) is 5.11 Å². The Bertz CT molecular complexity index is 1090. The first kappa shape index (κ1) is 16.1. The third-order valence-corrected chi connectivity index (χ3v) is 4.37. The fraction of sp³-hybridized carbons (Fsp3) is 0.167. The van der Waals surface area contributed by atoms with Crippen molar-refractivity contribution >= 4 is 16.9 Å². The number of fused-ring (bicyclic) bond motifs is 1. The maximum absolute atomic E-state index is 11.1. The molecule has 26 heavy (non-hydrogen) atoms. The molecule has 0 amide bonds. The van der Waals surface area contributed by atoms with Crippen molar-refractivity contribution < 1.29 is 5.11 Å². The van der Waals surface area contributed by atoms with Crippen LogP contribution >= 0.6 is 0 Å². The van der Waals surface area contributed by atoms with E-state index in [-0.39, 0.29) is 5.95 Å². The molecule has 3 heterocycles. The van der Waals surface area contributed by atoms with Gasteiger partial charge in [-0.1, -0.05) is 12.1 Å². The van der Waals surface area contributed by atoms with E-state index in [0.717, 1.165) is 16.6 Å². The molecule has 0 saturated heterocycles. The van der Waals surface area contributed by atoms with Gasteiger partial charge in [-0.15, -0.1) is 0 Å². The third-order valence-electron chi connectivity index (χ3n) is 4.37. The minimum absolute atomic E-state index is 0.173. The van der Waals surface area contributed by atoms with Crippen LogP contribution in [0.1, 0.15) is 23.9 Å². The van der Waals surface area contributed by atoms with Crippen LogP contribution in [0.4, 0.5) is 5.95 Å². The summed E-state index contributed by atoms with van der Waals surface area (Å²) in [5.41, 5.74) is 7.21. The summed E-state index contributed by atoms with van der Waals surface area (Å²) in [7, 11) is 0. The number of nitrogens with two attached hydrogens (primary N) is 1. The van der Waals surface area contributed by atoms with E-state index in [0.29, 0.717) is 17.1 Å². The molecule has 8 nitrogen and oxygen atoms in total. The molecular weight excluding hydrogens is 330 g/mol. The quantitative estimate of drug-likeness (QED) is 0.580. The molecule has 0 fully saturated rings. The Kier molecular flexibility index (Phi) is 3.62. The van der Waals surface area contributed by atoms with Gasteiger partial charge in [-0.3, -0.25) is 9.97 Å². The molecule has 0 spiro atoms. The molecule has 8 heteroatoms. The number of aryl methyl sites for hydroxylation is 1.